The number of rotatable bonds is 7. The maximum absolute atomic E-state index is 12.6. The molecule has 3 N–H and O–H groups in total. The van der Waals surface area contributed by atoms with Crippen LogP contribution in [0.4, 0.5) is 11.4 Å². The van der Waals surface area contributed by atoms with Gasteiger partial charge in [0.15, 0.2) is 0 Å². The van der Waals surface area contributed by atoms with E-state index in [1.807, 2.05) is 36.4 Å². The van der Waals surface area contributed by atoms with Crippen LogP contribution in [-0.2, 0) is 14.4 Å². The van der Waals surface area contributed by atoms with Crippen LogP contribution in [0.5, 0.6) is 0 Å². The van der Waals surface area contributed by atoms with Crippen LogP contribution in [0.15, 0.2) is 65.6 Å². The number of benzene rings is 2. The van der Waals surface area contributed by atoms with Gasteiger partial charge in [-0.2, -0.15) is 0 Å². The number of carbonyl (C=O) groups excluding carboxylic acids is 2. The summed E-state index contributed by atoms with van der Waals surface area (Å²) >= 11 is 3.57. The maximum atomic E-state index is 12.6. The van der Waals surface area contributed by atoms with Crippen molar-refractivity contribution in [2.45, 2.75) is 17.7 Å². The normalized spacial score (nSPS) is 17.9. The molecule has 8 heteroatoms. The molecule has 0 spiro atoms. The molecule has 0 saturated carbocycles. The van der Waals surface area contributed by atoms with Crippen molar-refractivity contribution in [1.29, 1.82) is 0 Å². The van der Waals surface area contributed by atoms with E-state index < -0.39 is 17.8 Å². The Morgan fingerprint density at radius 1 is 0.967 bits per heavy atom. The van der Waals surface area contributed by atoms with Crippen LogP contribution in [0.2, 0.25) is 0 Å². The molecule has 1 aliphatic rings. The van der Waals surface area contributed by atoms with E-state index in [2.05, 4.69) is 33.2 Å². The van der Waals surface area contributed by atoms with Crippen LogP contribution in [0.25, 0.3) is 0 Å². The zero-order valence-corrected chi connectivity index (χ0v) is 19.0. The third-order valence-electron chi connectivity index (χ3n) is 4.69. The Hall–Kier alpha value is -2.33. The minimum Gasteiger partial charge on any atom is -0.481 e. The third-order valence-corrected chi connectivity index (χ3v) is 6.40. The number of nitrogens with one attached hydrogen (secondary N) is 2. The van der Waals surface area contributed by atoms with E-state index in [-0.39, 0.29) is 17.6 Å². The van der Waals surface area contributed by atoms with Gasteiger partial charge in [-0.15, -0.1) is 11.8 Å². The number of carboxylic acid groups (broad SMARTS) is 1. The Morgan fingerprint density at radius 2 is 1.67 bits per heavy atom. The van der Waals surface area contributed by atoms with E-state index in [9.17, 15) is 19.5 Å². The van der Waals surface area contributed by atoms with Gasteiger partial charge < -0.3 is 15.7 Å². The average molecular weight is 536 g/mol. The van der Waals surface area contributed by atoms with Crippen molar-refractivity contribution in [3.8, 4) is 0 Å². The van der Waals surface area contributed by atoms with E-state index in [0.717, 1.165) is 14.2 Å². The summed E-state index contributed by atoms with van der Waals surface area (Å²) in [7, 11) is 0. The van der Waals surface area contributed by atoms with Crippen molar-refractivity contribution in [2.24, 2.45) is 11.8 Å². The number of amides is 2. The first kappa shape index (κ1) is 22.4. The average Bonchev–Trinajstić information content (AvgIpc) is 2.74. The molecule has 0 fully saturated rings. The number of thioether (sulfide) groups is 1. The highest BCUT2D eigenvalue weighted by Gasteiger charge is 2.33. The van der Waals surface area contributed by atoms with E-state index >= 15 is 0 Å². The number of allylic oxidation sites excluding steroid dienone is 2. The molecule has 0 bridgehead atoms. The summed E-state index contributed by atoms with van der Waals surface area (Å²) in [5, 5.41) is 15.0. The molecule has 0 heterocycles. The molecule has 1 aliphatic carbocycles. The Balaban J connectivity index is 1.55. The first-order valence-corrected chi connectivity index (χ1v) is 11.5. The molecule has 2 amide bonds. The molecule has 0 saturated heterocycles. The lowest BCUT2D eigenvalue weighted by molar-refractivity contribution is -0.146. The SMILES string of the molecule is O=C(CSc1cccc(NC(=O)C2CC=CCC2C(=O)O)c1)Nc1ccc(I)cc1. The highest BCUT2D eigenvalue weighted by Crippen LogP contribution is 2.28. The molecule has 2 atom stereocenters. The summed E-state index contributed by atoms with van der Waals surface area (Å²) < 4.78 is 1.10. The minimum absolute atomic E-state index is 0.117. The van der Waals surface area contributed by atoms with Crippen molar-refractivity contribution in [3.63, 3.8) is 0 Å². The lowest BCUT2D eigenvalue weighted by atomic mass is 9.82. The van der Waals surface area contributed by atoms with E-state index in [1.54, 1.807) is 24.3 Å². The van der Waals surface area contributed by atoms with E-state index in [1.165, 1.54) is 11.8 Å². The Labute approximate surface area is 192 Å². The molecule has 156 valence electrons. The summed E-state index contributed by atoms with van der Waals surface area (Å²) in [4.78, 5) is 37.0. The van der Waals surface area contributed by atoms with Gasteiger partial charge in [0.25, 0.3) is 0 Å². The molecule has 2 aromatic carbocycles. The lowest BCUT2D eigenvalue weighted by Gasteiger charge is -2.24. The van der Waals surface area contributed by atoms with Gasteiger partial charge >= 0.3 is 5.97 Å². The first-order chi connectivity index (χ1) is 14.4. The minimum atomic E-state index is -0.956. The fraction of sp³-hybridized carbons (Fsp3) is 0.227. The number of hydrogen-bond donors (Lipinski definition) is 3. The van der Waals surface area contributed by atoms with Gasteiger partial charge in [0, 0.05) is 19.8 Å². The van der Waals surface area contributed by atoms with Crippen molar-refractivity contribution in [3.05, 3.63) is 64.3 Å². The number of hydrogen-bond acceptors (Lipinski definition) is 4. The molecule has 2 unspecified atom stereocenters. The molecular weight excluding hydrogens is 515 g/mol. The number of carboxylic acids is 1. The van der Waals surface area contributed by atoms with Crippen LogP contribution in [-0.4, -0.2) is 28.6 Å². The second kappa shape index (κ2) is 10.6. The summed E-state index contributed by atoms with van der Waals surface area (Å²) in [6.07, 6.45) is 4.43. The van der Waals surface area contributed by atoms with Gasteiger partial charge in [-0.05, 0) is 77.9 Å². The zero-order chi connectivity index (χ0) is 21.5. The summed E-state index contributed by atoms with van der Waals surface area (Å²) in [5.74, 6) is -2.44. The van der Waals surface area contributed by atoms with Crippen LogP contribution >= 0.6 is 34.4 Å². The van der Waals surface area contributed by atoms with Crippen molar-refractivity contribution in [1.82, 2.24) is 0 Å². The van der Waals surface area contributed by atoms with Crippen molar-refractivity contribution < 1.29 is 19.5 Å². The predicted octanol–water partition coefficient (Wildman–Crippen LogP) is 4.63. The van der Waals surface area contributed by atoms with E-state index in [0.29, 0.717) is 18.5 Å². The fourth-order valence-electron chi connectivity index (χ4n) is 3.15. The number of anilines is 2. The van der Waals surface area contributed by atoms with Crippen LogP contribution in [0, 0.1) is 15.4 Å². The highest BCUT2D eigenvalue weighted by molar-refractivity contribution is 14.1. The lowest BCUT2D eigenvalue weighted by Crippen LogP contribution is -2.34. The van der Waals surface area contributed by atoms with Crippen molar-refractivity contribution >= 4 is 63.5 Å². The smallest absolute Gasteiger partial charge is 0.307 e. The summed E-state index contributed by atoms with van der Waals surface area (Å²) in [5.41, 5.74) is 1.33. The van der Waals surface area contributed by atoms with Gasteiger partial charge in [-0.25, -0.2) is 0 Å². The standard InChI is InChI=1S/C22H21IN2O4S/c23-14-8-10-15(11-9-14)24-20(26)13-30-17-5-3-4-16(12-17)25-21(27)18-6-1-2-7-19(18)22(28)29/h1-5,8-12,18-19H,6-7,13H2,(H,24,26)(H,25,27)(H,28,29). The molecule has 6 nitrogen and oxygen atoms in total. The zero-order valence-electron chi connectivity index (χ0n) is 16.0. The quantitative estimate of drug-likeness (QED) is 0.273. The van der Waals surface area contributed by atoms with Crippen LogP contribution in [0.3, 0.4) is 0 Å². The topological polar surface area (TPSA) is 95.5 Å². The number of carbonyl (C=O) groups is 3. The van der Waals surface area contributed by atoms with Gasteiger partial charge in [0.05, 0.1) is 17.6 Å². The van der Waals surface area contributed by atoms with Crippen molar-refractivity contribution in [2.75, 3.05) is 16.4 Å². The van der Waals surface area contributed by atoms with Gasteiger partial charge in [0.1, 0.15) is 0 Å². The summed E-state index contributed by atoms with van der Waals surface area (Å²) in [6, 6.07) is 14.7. The third kappa shape index (κ3) is 6.33. The highest BCUT2D eigenvalue weighted by atomic mass is 127. The van der Waals surface area contributed by atoms with Crippen LogP contribution in [0.1, 0.15) is 12.8 Å². The number of halogens is 1. The monoisotopic (exact) mass is 536 g/mol. The second-order valence-corrected chi connectivity index (χ2v) is 9.15. The Kier molecular flexibility index (Phi) is 7.92. The molecule has 30 heavy (non-hydrogen) atoms. The van der Waals surface area contributed by atoms with Gasteiger partial charge in [-0.1, -0.05) is 18.2 Å². The molecule has 0 aliphatic heterocycles. The largest absolute Gasteiger partial charge is 0.481 e. The van der Waals surface area contributed by atoms with Gasteiger partial charge in [-0.3, -0.25) is 14.4 Å². The van der Waals surface area contributed by atoms with Crippen LogP contribution < -0.4 is 10.6 Å². The fourth-order valence-corrected chi connectivity index (χ4v) is 4.27. The maximum Gasteiger partial charge on any atom is 0.307 e. The Bertz CT molecular complexity index is 962. The first-order valence-electron chi connectivity index (χ1n) is 9.39. The van der Waals surface area contributed by atoms with Gasteiger partial charge in [0.2, 0.25) is 11.8 Å². The molecule has 0 aromatic heterocycles. The second-order valence-electron chi connectivity index (χ2n) is 6.85. The predicted molar refractivity (Wildman–Crippen MR) is 127 cm³/mol. The molecule has 3 rings (SSSR count). The molecular formula is C22H21IN2O4S. The number of aliphatic carboxylic acids is 1. The van der Waals surface area contributed by atoms with E-state index in [4.69, 9.17) is 0 Å². The summed E-state index contributed by atoms with van der Waals surface area (Å²) in [6.45, 7) is 0. The molecule has 0 radical (unpaired) electrons. The Morgan fingerprint density at radius 3 is 2.37 bits per heavy atom. The molecule has 2 aromatic rings.